The maximum absolute atomic E-state index is 6.08. The predicted molar refractivity (Wildman–Crippen MR) is 211 cm³/mol. The summed E-state index contributed by atoms with van der Waals surface area (Å²) in [4.78, 5) is 5.14. The molecule has 1 aliphatic carbocycles. The number of hydrogen-bond donors (Lipinski definition) is 0. The van der Waals surface area contributed by atoms with E-state index < -0.39 is 0 Å². The molecule has 0 radical (unpaired) electrons. The van der Waals surface area contributed by atoms with Gasteiger partial charge in [-0.15, -0.1) is 11.3 Å². The summed E-state index contributed by atoms with van der Waals surface area (Å²) in [6, 6.07) is 42.5. The van der Waals surface area contributed by atoms with Crippen molar-refractivity contribution in [3.8, 4) is 37.8 Å². The minimum atomic E-state index is 0.696. The first-order valence-corrected chi connectivity index (χ1v) is 18.8. The van der Waals surface area contributed by atoms with Crippen molar-refractivity contribution in [2.45, 2.75) is 65.7 Å². The fourth-order valence-electron chi connectivity index (χ4n) is 7.00. The third-order valence-electron chi connectivity index (χ3n) is 9.98. The molecule has 7 rings (SSSR count). The topological polar surface area (TPSA) is 12.5 Å². The van der Waals surface area contributed by atoms with Crippen molar-refractivity contribution >= 4 is 22.7 Å². The molecule has 248 valence electrons. The van der Waals surface area contributed by atoms with Crippen LogP contribution in [0.25, 0.3) is 32.0 Å². The molecule has 1 aromatic heterocycles. The van der Waals surface area contributed by atoms with Crippen LogP contribution in [-0.4, -0.2) is 13.7 Å². The summed E-state index contributed by atoms with van der Waals surface area (Å²) in [6.07, 6.45) is 7.95. The summed E-state index contributed by atoms with van der Waals surface area (Å²) in [5.74, 6) is 0.921. The Labute approximate surface area is 297 Å². The molecule has 0 fully saturated rings. The van der Waals surface area contributed by atoms with Crippen LogP contribution in [-0.2, 0) is 32.1 Å². The molecular weight excluding hydrogens is 615 g/mol. The van der Waals surface area contributed by atoms with Crippen LogP contribution in [0.5, 0.6) is 5.75 Å². The summed E-state index contributed by atoms with van der Waals surface area (Å²) in [6.45, 7) is 7.46. The van der Waals surface area contributed by atoms with E-state index in [0.29, 0.717) is 6.61 Å². The van der Waals surface area contributed by atoms with Gasteiger partial charge in [0.05, 0.1) is 6.61 Å². The molecule has 0 aliphatic heterocycles. The Morgan fingerprint density at radius 2 is 1.08 bits per heavy atom. The first kappa shape index (κ1) is 32.9. The largest absolute Gasteiger partial charge is 0.493 e. The highest BCUT2D eigenvalue weighted by molar-refractivity contribution is 7.19. The number of thiophene rings is 1. The van der Waals surface area contributed by atoms with E-state index in [1.807, 2.05) is 11.3 Å². The van der Waals surface area contributed by atoms with Crippen molar-refractivity contribution in [3.05, 3.63) is 149 Å². The van der Waals surface area contributed by atoms with Crippen LogP contribution in [0.1, 0.15) is 60.1 Å². The highest BCUT2D eigenvalue weighted by atomic mass is 32.1. The Balaban J connectivity index is 1.02. The van der Waals surface area contributed by atoms with Gasteiger partial charge < -0.3 is 9.64 Å². The third-order valence-corrected chi connectivity index (χ3v) is 11.4. The molecule has 5 aromatic carbocycles. The molecule has 49 heavy (non-hydrogen) atoms. The van der Waals surface area contributed by atoms with Gasteiger partial charge in [0.25, 0.3) is 0 Å². The van der Waals surface area contributed by atoms with Crippen LogP contribution in [0.3, 0.4) is 0 Å². The van der Waals surface area contributed by atoms with E-state index in [2.05, 4.69) is 148 Å². The monoisotopic (exact) mass is 661 g/mol. The minimum absolute atomic E-state index is 0.696. The molecule has 1 heterocycles. The first-order chi connectivity index (χ1) is 24.0. The smallest absolute Gasteiger partial charge is 0.119 e. The predicted octanol–water partition coefficient (Wildman–Crippen LogP) is 12.5. The number of nitrogens with zero attached hydrogens (tertiary/aromatic N) is 1. The molecule has 0 amide bonds. The molecular formula is C46H47NOS. The lowest BCUT2D eigenvalue weighted by Gasteiger charge is -2.20. The Kier molecular flexibility index (Phi) is 10.0. The number of anilines is 2. The lowest BCUT2D eigenvalue weighted by Crippen LogP contribution is -2.09. The van der Waals surface area contributed by atoms with Gasteiger partial charge in [-0.05, 0) is 119 Å². The fraction of sp³-hybridized carbons (Fsp3) is 0.261. The number of aryl methyl sites for hydroxylation is 3. The van der Waals surface area contributed by atoms with Crippen LogP contribution in [0.2, 0.25) is 0 Å². The zero-order valence-corrected chi connectivity index (χ0v) is 30.2. The average molecular weight is 662 g/mol. The van der Waals surface area contributed by atoms with Crippen LogP contribution >= 0.6 is 11.3 Å². The van der Waals surface area contributed by atoms with Crippen molar-refractivity contribution < 1.29 is 4.74 Å². The summed E-state index contributed by atoms with van der Waals surface area (Å²) in [7, 11) is 2.15. The second kappa shape index (κ2) is 14.9. The quantitative estimate of drug-likeness (QED) is 0.122. The van der Waals surface area contributed by atoms with E-state index >= 15 is 0 Å². The number of rotatable bonds is 13. The molecule has 2 nitrogen and oxygen atoms in total. The van der Waals surface area contributed by atoms with Crippen molar-refractivity contribution in [3.63, 3.8) is 0 Å². The lowest BCUT2D eigenvalue weighted by atomic mass is 9.87. The van der Waals surface area contributed by atoms with E-state index in [9.17, 15) is 0 Å². The highest BCUT2D eigenvalue weighted by Crippen LogP contribution is 2.44. The Hall–Kier alpha value is -4.60. The van der Waals surface area contributed by atoms with Crippen molar-refractivity contribution in [1.29, 1.82) is 0 Å². The minimum Gasteiger partial charge on any atom is -0.493 e. The number of ether oxygens (including phenoxy) is 1. The molecule has 0 unspecified atom stereocenters. The third kappa shape index (κ3) is 7.23. The standard InChI is InChI=1S/C46H47NOS/c1-5-7-43-44(8-6-2)46(49-45(43)37-12-9-32(3)10-13-37)38-19-25-41(26-20-38)47(4)40-23-17-34(18-24-40)35-21-27-42(28-22-35)48-30-29-33-11-14-36-15-16-39(36)31-33/h9-14,17-28,31H,5-8,15-16,29-30H2,1-4H3. The van der Waals surface area contributed by atoms with Gasteiger partial charge in [0.2, 0.25) is 0 Å². The molecule has 3 heteroatoms. The molecule has 0 saturated heterocycles. The van der Waals surface area contributed by atoms with Crippen LogP contribution in [0.15, 0.2) is 115 Å². The molecule has 1 aliphatic rings. The van der Waals surface area contributed by atoms with Gasteiger partial charge in [-0.1, -0.05) is 111 Å². The summed E-state index contributed by atoms with van der Waals surface area (Å²) in [5.41, 5.74) is 16.2. The maximum Gasteiger partial charge on any atom is 0.119 e. The normalized spacial score (nSPS) is 12.0. The van der Waals surface area contributed by atoms with Crippen LogP contribution in [0, 0.1) is 6.92 Å². The van der Waals surface area contributed by atoms with Crippen LogP contribution < -0.4 is 9.64 Å². The van der Waals surface area contributed by atoms with Crippen molar-refractivity contribution in [2.75, 3.05) is 18.6 Å². The van der Waals surface area contributed by atoms with Crippen molar-refractivity contribution in [1.82, 2.24) is 0 Å². The zero-order valence-electron chi connectivity index (χ0n) is 29.4. The lowest BCUT2D eigenvalue weighted by molar-refractivity contribution is 0.322. The maximum atomic E-state index is 6.08. The van der Waals surface area contributed by atoms with Gasteiger partial charge in [-0.25, -0.2) is 0 Å². The van der Waals surface area contributed by atoms with Crippen LogP contribution in [0.4, 0.5) is 11.4 Å². The van der Waals surface area contributed by atoms with E-state index in [4.69, 9.17) is 4.74 Å². The van der Waals surface area contributed by atoms with Gasteiger partial charge in [-0.3, -0.25) is 0 Å². The summed E-state index contributed by atoms with van der Waals surface area (Å²) >= 11 is 1.97. The molecule has 0 atom stereocenters. The first-order valence-electron chi connectivity index (χ1n) is 18.0. The zero-order chi connectivity index (χ0) is 33.7. The number of fused-ring (bicyclic) bond motifs is 1. The summed E-state index contributed by atoms with van der Waals surface area (Å²) < 4.78 is 6.08. The van der Waals surface area contributed by atoms with E-state index in [1.165, 1.54) is 78.5 Å². The van der Waals surface area contributed by atoms with Gasteiger partial charge in [0, 0.05) is 34.6 Å². The average Bonchev–Trinajstić information content (AvgIpc) is 3.47. The molecule has 6 aromatic rings. The Morgan fingerprint density at radius 1 is 0.571 bits per heavy atom. The van der Waals surface area contributed by atoms with Gasteiger partial charge in [0.1, 0.15) is 5.75 Å². The summed E-state index contributed by atoms with van der Waals surface area (Å²) in [5, 5.41) is 0. The van der Waals surface area contributed by atoms with E-state index in [0.717, 1.165) is 37.9 Å². The van der Waals surface area contributed by atoms with E-state index in [1.54, 1.807) is 11.1 Å². The number of hydrogen-bond acceptors (Lipinski definition) is 3. The van der Waals surface area contributed by atoms with Gasteiger partial charge in [-0.2, -0.15) is 0 Å². The fourth-order valence-corrected chi connectivity index (χ4v) is 8.41. The second-order valence-corrected chi connectivity index (χ2v) is 14.5. The SMILES string of the molecule is CCCc1c(-c2ccc(C)cc2)sc(-c2ccc(N(C)c3ccc(-c4ccc(OCCc5ccc6c(c5)CC6)cc4)cc3)cc2)c1CCC. The Bertz CT molecular complexity index is 2000. The van der Waals surface area contributed by atoms with Gasteiger partial charge >= 0.3 is 0 Å². The number of benzene rings is 5. The Morgan fingerprint density at radius 3 is 1.59 bits per heavy atom. The molecule has 0 bridgehead atoms. The van der Waals surface area contributed by atoms with E-state index in [-0.39, 0.29) is 0 Å². The molecule has 0 spiro atoms. The molecule has 0 saturated carbocycles. The highest BCUT2D eigenvalue weighted by Gasteiger charge is 2.20. The van der Waals surface area contributed by atoms with Gasteiger partial charge in [0.15, 0.2) is 0 Å². The molecule has 0 N–H and O–H groups in total. The van der Waals surface area contributed by atoms with Crippen molar-refractivity contribution in [2.24, 2.45) is 0 Å². The second-order valence-electron chi connectivity index (χ2n) is 13.5.